The number of rotatable bonds is 7. The Labute approximate surface area is 178 Å². The van der Waals surface area contributed by atoms with Crippen LogP contribution in [-0.2, 0) is 26.1 Å². The predicted molar refractivity (Wildman–Crippen MR) is 121 cm³/mol. The molecular weight excluding hydrogens is 372 g/mol. The second-order valence-corrected chi connectivity index (χ2v) is 7.62. The third-order valence-corrected chi connectivity index (χ3v) is 5.61. The summed E-state index contributed by atoms with van der Waals surface area (Å²) >= 11 is 0. The zero-order chi connectivity index (χ0) is 20.6. The van der Waals surface area contributed by atoms with E-state index in [9.17, 15) is 0 Å². The van der Waals surface area contributed by atoms with E-state index in [1.807, 2.05) is 30.2 Å². The summed E-state index contributed by atoms with van der Waals surface area (Å²) in [6.07, 6.45) is 4.94. The average molecular weight is 403 g/mol. The van der Waals surface area contributed by atoms with E-state index >= 15 is 0 Å². The van der Waals surface area contributed by atoms with E-state index in [2.05, 4.69) is 74.2 Å². The fraction of sp³-hybridized carbons (Fsp3) is 0.333. The van der Waals surface area contributed by atoms with Crippen LogP contribution in [-0.4, -0.2) is 47.3 Å². The molecule has 0 unspecified atom stereocenters. The Kier molecular flexibility index (Phi) is 6.77. The SMILES string of the molecule is CN=C(NCCN1CCc2ccccc2C1)NCc1ccccc1Cn1cccn1. The van der Waals surface area contributed by atoms with Crippen LogP contribution in [0.1, 0.15) is 22.3 Å². The van der Waals surface area contributed by atoms with Crippen LogP contribution >= 0.6 is 0 Å². The molecule has 0 atom stereocenters. The van der Waals surface area contributed by atoms with Gasteiger partial charge in [-0.2, -0.15) is 5.10 Å². The lowest BCUT2D eigenvalue weighted by Crippen LogP contribution is -2.42. The van der Waals surface area contributed by atoms with Gasteiger partial charge in [0.1, 0.15) is 0 Å². The Balaban J connectivity index is 1.25. The molecule has 4 rings (SSSR count). The maximum Gasteiger partial charge on any atom is 0.191 e. The van der Waals surface area contributed by atoms with Crippen molar-refractivity contribution in [3.63, 3.8) is 0 Å². The highest BCUT2D eigenvalue weighted by atomic mass is 15.3. The van der Waals surface area contributed by atoms with Gasteiger partial charge in [0.05, 0.1) is 6.54 Å². The van der Waals surface area contributed by atoms with Crippen molar-refractivity contribution >= 4 is 5.96 Å². The topological polar surface area (TPSA) is 57.5 Å². The number of benzene rings is 2. The molecule has 0 amide bonds. The Hall–Kier alpha value is -3.12. The molecule has 6 heteroatoms. The highest BCUT2D eigenvalue weighted by Crippen LogP contribution is 2.17. The van der Waals surface area contributed by atoms with Crippen LogP contribution in [0.4, 0.5) is 0 Å². The third-order valence-electron chi connectivity index (χ3n) is 5.61. The summed E-state index contributed by atoms with van der Waals surface area (Å²) in [5, 5.41) is 11.2. The summed E-state index contributed by atoms with van der Waals surface area (Å²) in [6, 6.07) is 19.2. The van der Waals surface area contributed by atoms with Gasteiger partial charge in [-0.25, -0.2) is 0 Å². The molecule has 3 aromatic rings. The fourth-order valence-corrected chi connectivity index (χ4v) is 3.93. The molecular formula is C24H30N6. The number of aliphatic imine (C=N–C) groups is 1. The molecule has 2 aromatic carbocycles. The van der Waals surface area contributed by atoms with Gasteiger partial charge in [-0.15, -0.1) is 0 Å². The third kappa shape index (κ3) is 5.27. The normalized spacial score (nSPS) is 14.4. The lowest BCUT2D eigenvalue weighted by Gasteiger charge is -2.28. The molecule has 0 saturated carbocycles. The number of hydrogen-bond donors (Lipinski definition) is 2. The Morgan fingerprint density at radius 3 is 2.60 bits per heavy atom. The van der Waals surface area contributed by atoms with Crippen molar-refractivity contribution in [1.29, 1.82) is 0 Å². The molecule has 0 aliphatic carbocycles. The van der Waals surface area contributed by atoms with Crippen LogP contribution in [0.2, 0.25) is 0 Å². The maximum absolute atomic E-state index is 4.39. The number of guanidine groups is 1. The standard InChI is InChI=1S/C24H30N6/c1-25-24(26-13-16-29-15-11-20-7-2-4-9-22(20)18-29)27-17-21-8-3-5-10-23(21)19-30-14-6-12-28-30/h2-10,12,14H,11,13,15-19H2,1H3,(H2,25,26,27). The smallest absolute Gasteiger partial charge is 0.191 e. The van der Waals surface area contributed by atoms with Crippen LogP contribution in [0.3, 0.4) is 0 Å². The number of nitrogens with one attached hydrogen (secondary N) is 2. The highest BCUT2D eigenvalue weighted by molar-refractivity contribution is 5.79. The molecule has 1 aromatic heterocycles. The van der Waals surface area contributed by atoms with Crippen molar-refractivity contribution in [3.8, 4) is 0 Å². The van der Waals surface area contributed by atoms with Gasteiger partial charge < -0.3 is 10.6 Å². The van der Waals surface area contributed by atoms with E-state index < -0.39 is 0 Å². The van der Waals surface area contributed by atoms with Gasteiger partial charge >= 0.3 is 0 Å². The van der Waals surface area contributed by atoms with Crippen molar-refractivity contribution in [2.24, 2.45) is 4.99 Å². The first kappa shape index (κ1) is 20.2. The number of fused-ring (bicyclic) bond motifs is 1. The zero-order valence-electron chi connectivity index (χ0n) is 17.6. The van der Waals surface area contributed by atoms with Crippen LogP contribution in [0.5, 0.6) is 0 Å². The van der Waals surface area contributed by atoms with Crippen LogP contribution in [0.15, 0.2) is 72.0 Å². The number of hydrogen-bond acceptors (Lipinski definition) is 3. The summed E-state index contributed by atoms with van der Waals surface area (Å²) in [5.74, 6) is 0.835. The van der Waals surface area contributed by atoms with Gasteiger partial charge in [-0.05, 0) is 34.7 Å². The lowest BCUT2D eigenvalue weighted by molar-refractivity contribution is 0.258. The van der Waals surface area contributed by atoms with E-state index in [1.165, 1.54) is 22.3 Å². The second kappa shape index (κ2) is 10.1. The van der Waals surface area contributed by atoms with E-state index in [1.54, 1.807) is 0 Å². The molecule has 0 spiro atoms. The van der Waals surface area contributed by atoms with Crippen molar-refractivity contribution in [2.75, 3.05) is 26.7 Å². The number of aromatic nitrogens is 2. The van der Waals surface area contributed by atoms with Crippen molar-refractivity contribution in [1.82, 2.24) is 25.3 Å². The summed E-state index contributed by atoms with van der Waals surface area (Å²) in [6.45, 7) is 5.53. The molecule has 0 radical (unpaired) electrons. The van der Waals surface area contributed by atoms with E-state index in [4.69, 9.17) is 0 Å². The fourth-order valence-electron chi connectivity index (χ4n) is 3.93. The Morgan fingerprint density at radius 1 is 1.00 bits per heavy atom. The maximum atomic E-state index is 4.39. The quantitative estimate of drug-likeness (QED) is 0.471. The first-order valence-electron chi connectivity index (χ1n) is 10.6. The summed E-state index contributed by atoms with van der Waals surface area (Å²) in [5.41, 5.74) is 5.47. The monoisotopic (exact) mass is 402 g/mol. The molecule has 1 aliphatic rings. The summed E-state index contributed by atoms with van der Waals surface area (Å²) in [7, 11) is 1.82. The summed E-state index contributed by atoms with van der Waals surface area (Å²) < 4.78 is 1.95. The molecule has 2 heterocycles. The van der Waals surface area contributed by atoms with Gasteiger partial charge in [-0.1, -0.05) is 48.5 Å². The van der Waals surface area contributed by atoms with E-state index in [-0.39, 0.29) is 0 Å². The molecule has 2 N–H and O–H groups in total. The van der Waals surface area contributed by atoms with E-state index in [0.717, 1.165) is 51.6 Å². The van der Waals surface area contributed by atoms with Gasteiger partial charge in [0, 0.05) is 52.2 Å². The molecule has 156 valence electrons. The number of nitrogens with zero attached hydrogens (tertiary/aromatic N) is 4. The van der Waals surface area contributed by atoms with Crippen LogP contribution < -0.4 is 10.6 Å². The minimum absolute atomic E-state index is 0.730. The molecule has 0 saturated heterocycles. The summed E-state index contributed by atoms with van der Waals surface area (Å²) in [4.78, 5) is 6.89. The minimum atomic E-state index is 0.730. The zero-order valence-corrected chi connectivity index (χ0v) is 17.6. The van der Waals surface area contributed by atoms with Crippen molar-refractivity contribution in [2.45, 2.75) is 26.1 Å². The second-order valence-electron chi connectivity index (χ2n) is 7.62. The molecule has 6 nitrogen and oxygen atoms in total. The van der Waals surface area contributed by atoms with Crippen LogP contribution in [0.25, 0.3) is 0 Å². The molecule has 30 heavy (non-hydrogen) atoms. The Bertz CT molecular complexity index is 963. The van der Waals surface area contributed by atoms with Crippen molar-refractivity contribution in [3.05, 3.63) is 89.2 Å². The first-order valence-corrected chi connectivity index (χ1v) is 10.6. The molecule has 0 fully saturated rings. The van der Waals surface area contributed by atoms with Crippen molar-refractivity contribution < 1.29 is 0 Å². The van der Waals surface area contributed by atoms with Gasteiger partial charge in [-0.3, -0.25) is 14.6 Å². The predicted octanol–water partition coefficient (Wildman–Crippen LogP) is 2.65. The van der Waals surface area contributed by atoms with Gasteiger partial charge in [0.15, 0.2) is 5.96 Å². The van der Waals surface area contributed by atoms with Gasteiger partial charge in [0.2, 0.25) is 0 Å². The van der Waals surface area contributed by atoms with E-state index in [0.29, 0.717) is 0 Å². The average Bonchev–Trinajstić information content (AvgIpc) is 3.30. The molecule has 1 aliphatic heterocycles. The largest absolute Gasteiger partial charge is 0.355 e. The minimum Gasteiger partial charge on any atom is -0.355 e. The lowest BCUT2D eigenvalue weighted by atomic mass is 10.00. The van der Waals surface area contributed by atoms with Crippen LogP contribution in [0, 0.1) is 0 Å². The Morgan fingerprint density at radius 2 is 1.80 bits per heavy atom. The first-order chi connectivity index (χ1) is 14.8. The molecule has 0 bridgehead atoms. The van der Waals surface area contributed by atoms with Gasteiger partial charge in [0.25, 0.3) is 0 Å². The highest BCUT2D eigenvalue weighted by Gasteiger charge is 2.15.